The van der Waals surface area contributed by atoms with Crippen molar-refractivity contribution in [1.82, 2.24) is 34.8 Å². The molecule has 0 fully saturated rings. The second-order valence-corrected chi connectivity index (χ2v) is 3.93. The van der Waals surface area contributed by atoms with E-state index in [1.54, 1.807) is 13.8 Å². The molecule has 1 amide bonds. The molecule has 3 aromatic heterocycles. The van der Waals surface area contributed by atoms with Gasteiger partial charge in [-0.15, -0.1) is 5.10 Å². The molecule has 0 saturated heterocycles. The van der Waals surface area contributed by atoms with Crippen LogP contribution in [0.1, 0.15) is 21.9 Å². The predicted molar refractivity (Wildman–Crippen MR) is 64.6 cm³/mol. The fourth-order valence-electron chi connectivity index (χ4n) is 1.68. The molecule has 0 unspecified atom stereocenters. The van der Waals surface area contributed by atoms with Gasteiger partial charge < -0.3 is 0 Å². The van der Waals surface area contributed by atoms with Crippen LogP contribution in [-0.2, 0) is 0 Å². The van der Waals surface area contributed by atoms with Gasteiger partial charge in [0.2, 0.25) is 5.95 Å². The summed E-state index contributed by atoms with van der Waals surface area (Å²) in [4.78, 5) is 24.1. The second-order valence-electron chi connectivity index (χ2n) is 3.93. The smallest absolute Gasteiger partial charge is 0.261 e. The third kappa shape index (κ3) is 1.90. The minimum Gasteiger partial charge on any atom is -0.289 e. The molecule has 3 rings (SSSR count). The van der Waals surface area contributed by atoms with Crippen molar-refractivity contribution in [1.29, 1.82) is 0 Å². The zero-order chi connectivity index (χ0) is 13.4. The van der Waals surface area contributed by atoms with Crippen molar-refractivity contribution in [2.45, 2.75) is 13.8 Å². The van der Waals surface area contributed by atoms with Crippen molar-refractivity contribution < 1.29 is 4.79 Å². The predicted octanol–water partition coefficient (Wildman–Crippen LogP) is 0.112. The fourth-order valence-corrected chi connectivity index (χ4v) is 1.68. The molecule has 0 aliphatic heterocycles. The highest BCUT2D eigenvalue weighted by Gasteiger charge is 2.15. The van der Waals surface area contributed by atoms with Gasteiger partial charge in [0.05, 0.1) is 11.3 Å². The van der Waals surface area contributed by atoms with Gasteiger partial charge in [-0.3, -0.25) is 15.2 Å². The number of carbonyl (C=O) groups excluding carboxylic acids is 1. The highest BCUT2D eigenvalue weighted by molar-refractivity contribution is 6.03. The summed E-state index contributed by atoms with van der Waals surface area (Å²) in [5.41, 5.74) is 1.03. The van der Waals surface area contributed by atoms with Gasteiger partial charge in [-0.05, 0) is 13.8 Å². The molecule has 3 aromatic rings. The summed E-state index contributed by atoms with van der Waals surface area (Å²) in [6.07, 6.45) is 2.84. The molecule has 0 spiro atoms. The number of nitrogens with one attached hydrogen (secondary N) is 2. The van der Waals surface area contributed by atoms with E-state index >= 15 is 0 Å². The minimum absolute atomic E-state index is 0.223. The van der Waals surface area contributed by atoms with E-state index in [-0.39, 0.29) is 11.9 Å². The summed E-state index contributed by atoms with van der Waals surface area (Å²) < 4.78 is 1.50. The number of aryl methyl sites for hydroxylation is 2. The SMILES string of the molecule is Cc1nc(NC(=O)c2cnc3ncnn3c2C)n[nH]1. The molecule has 0 saturated carbocycles. The van der Waals surface area contributed by atoms with E-state index < -0.39 is 0 Å². The Morgan fingerprint density at radius 2 is 2.21 bits per heavy atom. The van der Waals surface area contributed by atoms with Gasteiger partial charge in [-0.2, -0.15) is 15.1 Å². The molecule has 9 heteroatoms. The molecular formula is C10H10N8O. The lowest BCUT2D eigenvalue weighted by Crippen LogP contribution is -2.17. The lowest BCUT2D eigenvalue weighted by atomic mass is 10.2. The van der Waals surface area contributed by atoms with E-state index in [0.29, 0.717) is 22.9 Å². The Labute approximate surface area is 107 Å². The third-order valence-corrected chi connectivity index (χ3v) is 2.61. The van der Waals surface area contributed by atoms with Crippen molar-refractivity contribution in [3.8, 4) is 0 Å². The number of aromatic amines is 1. The summed E-state index contributed by atoms with van der Waals surface area (Å²) >= 11 is 0. The highest BCUT2D eigenvalue weighted by Crippen LogP contribution is 2.09. The van der Waals surface area contributed by atoms with Gasteiger partial charge in [0.15, 0.2) is 0 Å². The molecule has 2 N–H and O–H groups in total. The lowest BCUT2D eigenvalue weighted by Gasteiger charge is -2.05. The number of anilines is 1. The van der Waals surface area contributed by atoms with Gasteiger partial charge in [0.25, 0.3) is 11.7 Å². The van der Waals surface area contributed by atoms with Crippen LogP contribution < -0.4 is 5.32 Å². The Hall–Kier alpha value is -2.84. The Bertz CT molecular complexity index is 758. The first-order chi connectivity index (χ1) is 9.15. The summed E-state index contributed by atoms with van der Waals surface area (Å²) in [6, 6.07) is 0. The van der Waals surface area contributed by atoms with Crippen LogP contribution in [-0.4, -0.2) is 40.7 Å². The molecule has 0 aliphatic rings. The number of fused-ring (bicyclic) bond motifs is 1. The van der Waals surface area contributed by atoms with Gasteiger partial charge in [0, 0.05) is 6.20 Å². The average molecular weight is 258 g/mol. The standard InChI is InChI=1S/C10H10N8O/c1-5-7(3-11-10-12-4-13-18(5)10)8(19)15-9-14-6(2)16-17-9/h3-4H,1-2H3,(H2,14,15,16,17,19). The molecule has 0 aliphatic carbocycles. The van der Waals surface area contributed by atoms with E-state index in [2.05, 4.69) is 35.6 Å². The van der Waals surface area contributed by atoms with Crippen molar-refractivity contribution in [3.05, 3.63) is 29.6 Å². The van der Waals surface area contributed by atoms with Crippen molar-refractivity contribution in [2.24, 2.45) is 0 Å². The van der Waals surface area contributed by atoms with Crippen LogP contribution in [0.4, 0.5) is 5.95 Å². The van der Waals surface area contributed by atoms with Crippen LogP contribution in [0.25, 0.3) is 5.78 Å². The van der Waals surface area contributed by atoms with Crippen molar-refractivity contribution in [3.63, 3.8) is 0 Å². The molecule has 0 bridgehead atoms. The van der Waals surface area contributed by atoms with E-state index in [0.717, 1.165) is 0 Å². The van der Waals surface area contributed by atoms with Crippen LogP contribution in [0, 0.1) is 13.8 Å². The summed E-state index contributed by atoms with van der Waals surface area (Å²) in [7, 11) is 0. The summed E-state index contributed by atoms with van der Waals surface area (Å²) in [5, 5.41) is 13.1. The number of H-pyrrole nitrogens is 1. The maximum Gasteiger partial charge on any atom is 0.261 e. The Kier molecular flexibility index (Phi) is 2.44. The summed E-state index contributed by atoms with van der Waals surface area (Å²) in [6.45, 7) is 3.51. The number of aromatic nitrogens is 7. The Morgan fingerprint density at radius 1 is 1.37 bits per heavy atom. The van der Waals surface area contributed by atoms with Crippen LogP contribution >= 0.6 is 0 Å². The number of nitrogens with zero attached hydrogens (tertiary/aromatic N) is 6. The van der Waals surface area contributed by atoms with Gasteiger partial charge in [-0.25, -0.2) is 9.50 Å². The molecule has 0 atom stereocenters. The first-order valence-electron chi connectivity index (χ1n) is 5.51. The molecular weight excluding hydrogens is 248 g/mol. The van der Waals surface area contributed by atoms with Crippen molar-refractivity contribution in [2.75, 3.05) is 5.32 Å². The van der Waals surface area contributed by atoms with E-state index in [1.807, 2.05) is 0 Å². The topological polar surface area (TPSA) is 114 Å². The normalized spacial score (nSPS) is 10.8. The first-order valence-corrected chi connectivity index (χ1v) is 5.51. The van der Waals surface area contributed by atoms with E-state index in [9.17, 15) is 4.79 Å². The maximum absolute atomic E-state index is 12.1. The maximum atomic E-state index is 12.1. The zero-order valence-electron chi connectivity index (χ0n) is 10.2. The van der Waals surface area contributed by atoms with Gasteiger partial charge >= 0.3 is 0 Å². The van der Waals surface area contributed by atoms with Crippen LogP contribution in [0.3, 0.4) is 0 Å². The fraction of sp³-hybridized carbons (Fsp3) is 0.200. The zero-order valence-corrected chi connectivity index (χ0v) is 10.2. The third-order valence-electron chi connectivity index (χ3n) is 2.61. The van der Waals surface area contributed by atoms with E-state index in [1.165, 1.54) is 17.0 Å². The molecule has 0 aromatic carbocycles. The quantitative estimate of drug-likeness (QED) is 0.674. The summed E-state index contributed by atoms with van der Waals surface area (Å²) in [5.74, 6) is 0.946. The minimum atomic E-state index is -0.346. The highest BCUT2D eigenvalue weighted by atomic mass is 16.1. The lowest BCUT2D eigenvalue weighted by molar-refractivity contribution is 0.102. The number of hydrogen-bond acceptors (Lipinski definition) is 6. The molecule has 19 heavy (non-hydrogen) atoms. The first kappa shape index (κ1) is 11.3. The van der Waals surface area contributed by atoms with E-state index in [4.69, 9.17) is 0 Å². The number of amides is 1. The van der Waals surface area contributed by atoms with Gasteiger partial charge in [-0.1, -0.05) is 0 Å². The molecule has 9 nitrogen and oxygen atoms in total. The average Bonchev–Trinajstić information content (AvgIpc) is 2.99. The van der Waals surface area contributed by atoms with Crippen LogP contribution in [0.15, 0.2) is 12.5 Å². The Balaban J connectivity index is 1.95. The van der Waals surface area contributed by atoms with Crippen molar-refractivity contribution >= 4 is 17.6 Å². The molecule has 96 valence electrons. The number of rotatable bonds is 2. The van der Waals surface area contributed by atoms with Crippen LogP contribution in [0.2, 0.25) is 0 Å². The second kappa shape index (κ2) is 4.12. The largest absolute Gasteiger partial charge is 0.289 e. The number of hydrogen-bond donors (Lipinski definition) is 2. The van der Waals surface area contributed by atoms with Gasteiger partial charge in [0.1, 0.15) is 12.2 Å². The molecule has 0 radical (unpaired) electrons. The number of carbonyl (C=O) groups is 1. The van der Waals surface area contributed by atoms with Crippen LogP contribution in [0.5, 0.6) is 0 Å². The Morgan fingerprint density at radius 3 is 2.95 bits per heavy atom. The monoisotopic (exact) mass is 258 g/mol. The molecule has 3 heterocycles.